The Labute approximate surface area is 170 Å². The second-order valence-electron chi connectivity index (χ2n) is 8.37. The number of nitrogens with two attached hydrogens (primary N) is 1. The van der Waals surface area contributed by atoms with Crippen LogP contribution in [0, 0.1) is 16.7 Å². The molecule has 1 aromatic heterocycles. The average molecular weight is 415 g/mol. The van der Waals surface area contributed by atoms with Crippen LogP contribution in [0.15, 0.2) is 36.5 Å². The number of carbonyl (C=O) groups is 1. The molecule has 1 spiro atoms. The smallest absolute Gasteiger partial charge is 0.398 e. The number of amides is 1. The predicted molar refractivity (Wildman–Crippen MR) is 105 cm³/mol. The Morgan fingerprint density at radius 1 is 1.30 bits per heavy atom. The molecule has 5 rings (SSSR count). The van der Waals surface area contributed by atoms with Gasteiger partial charge in [-0.1, -0.05) is 12.1 Å². The number of aromatic nitrogens is 1. The minimum atomic E-state index is -4.42. The minimum absolute atomic E-state index is 0.0397. The van der Waals surface area contributed by atoms with Crippen LogP contribution >= 0.6 is 0 Å². The maximum atomic E-state index is 13.2. The topological polar surface area (TPSA) is 95.1 Å². The number of hydrogen-bond acceptors (Lipinski definition) is 5. The van der Waals surface area contributed by atoms with Gasteiger partial charge in [-0.25, -0.2) is 4.98 Å². The first-order valence-electron chi connectivity index (χ1n) is 9.74. The maximum absolute atomic E-state index is 13.2. The molecule has 1 amide bonds. The fourth-order valence-electron chi connectivity index (χ4n) is 5.25. The van der Waals surface area contributed by atoms with Gasteiger partial charge in [0.05, 0.1) is 22.9 Å². The van der Waals surface area contributed by atoms with E-state index in [9.17, 15) is 18.0 Å². The second kappa shape index (κ2) is 6.20. The Balaban J connectivity index is 1.36. The van der Waals surface area contributed by atoms with Gasteiger partial charge in [0.2, 0.25) is 0 Å². The molecule has 4 N–H and O–H groups in total. The molecule has 2 saturated carbocycles. The molecule has 0 radical (unpaired) electrons. The lowest BCUT2D eigenvalue weighted by Crippen LogP contribution is -2.60. The molecule has 1 saturated heterocycles. The summed E-state index contributed by atoms with van der Waals surface area (Å²) in [5.41, 5.74) is 6.58. The van der Waals surface area contributed by atoms with Crippen molar-refractivity contribution in [2.45, 2.75) is 31.1 Å². The van der Waals surface area contributed by atoms with Gasteiger partial charge >= 0.3 is 6.18 Å². The monoisotopic (exact) mass is 415 g/mol. The molecular weight excluding hydrogens is 395 g/mol. The van der Waals surface area contributed by atoms with Crippen LogP contribution < -0.4 is 11.1 Å². The van der Waals surface area contributed by atoms with E-state index >= 15 is 0 Å². The number of nitrogens with zero attached hydrogens (tertiary/aromatic N) is 2. The highest BCUT2D eigenvalue weighted by Gasteiger charge is 2.75. The summed E-state index contributed by atoms with van der Waals surface area (Å²) < 4.78 is 38.3. The van der Waals surface area contributed by atoms with E-state index in [0.717, 1.165) is 31.3 Å². The van der Waals surface area contributed by atoms with Gasteiger partial charge in [-0.2, -0.15) is 13.2 Å². The lowest BCUT2D eigenvalue weighted by atomic mass is 9.71. The first-order chi connectivity index (χ1) is 14.2. The van der Waals surface area contributed by atoms with E-state index in [-0.39, 0.29) is 23.4 Å². The molecule has 3 aliphatic rings. The van der Waals surface area contributed by atoms with E-state index in [1.165, 1.54) is 6.07 Å². The number of hydrogen-bond donors (Lipinski definition) is 3. The van der Waals surface area contributed by atoms with Crippen LogP contribution in [0.25, 0.3) is 0 Å². The third kappa shape index (κ3) is 2.68. The van der Waals surface area contributed by atoms with Gasteiger partial charge in [0.25, 0.3) is 5.91 Å². The number of para-hydroxylation sites is 1. The van der Waals surface area contributed by atoms with E-state index in [4.69, 9.17) is 11.1 Å². The van der Waals surface area contributed by atoms with E-state index in [2.05, 4.69) is 10.3 Å². The van der Waals surface area contributed by atoms with Crippen molar-refractivity contribution in [3.8, 4) is 0 Å². The van der Waals surface area contributed by atoms with Gasteiger partial charge in [-0.15, -0.1) is 0 Å². The summed E-state index contributed by atoms with van der Waals surface area (Å²) in [5, 5.41) is 10.7. The van der Waals surface area contributed by atoms with Crippen LogP contribution in [-0.2, 0) is 6.18 Å². The Hall–Kier alpha value is -3.10. The molecule has 2 aromatic rings. The zero-order chi connectivity index (χ0) is 21.3. The number of alkyl halides is 3. The molecule has 30 heavy (non-hydrogen) atoms. The van der Waals surface area contributed by atoms with E-state index in [1.807, 2.05) is 4.90 Å². The van der Waals surface area contributed by atoms with Gasteiger partial charge in [-0.05, 0) is 42.4 Å². The number of benzene rings is 1. The molecule has 2 aliphatic carbocycles. The summed E-state index contributed by atoms with van der Waals surface area (Å²) in [4.78, 5) is 19.0. The fraction of sp³-hybridized carbons (Fsp3) is 0.381. The van der Waals surface area contributed by atoms with Crippen molar-refractivity contribution in [2.75, 3.05) is 17.6 Å². The SMILES string of the molecule is N=Cc1cccc(C(=O)N2CC3CC34CC(Nc3ccc(C(F)(F)F)cn3)C24)c1N. The minimum Gasteiger partial charge on any atom is -0.398 e. The van der Waals surface area contributed by atoms with Crippen molar-refractivity contribution in [1.82, 2.24) is 9.88 Å². The van der Waals surface area contributed by atoms with Gasteiger partial charge < -0.3 is 21.4 Å². The normalized spacial score (nSPS) is 28.9. The molecule has 4 unspecified atom stereocenters. The Morgan fingerprint density at radius 3 is 2.77 bits per heavy atom. The van der Waals surface area contributed by atoms with Crippen LogP contribution in [0.2, 0.25) is 0 Å². The Bertz CT molecular complexity index is 1040. The number of anilines is 2. The number of carbonyl (C=O) groups excluding carboxylic acids is 1. The molecular formula is C21H20F3N5O. The van der Waals surface area contributed by atoms with E-state index < -0.39 is 11.7 Å². The maximum Gasteiger partial charge on any atom is 0.417 e. The number of likely N-dealkylation sites (tertiary alicyclic amines) is 1. The lowest BCUT2D eigenvalue weighted by molar-refractivity contribution is -0.137. The van der Waals surface area contributed by atoms with Crippen molar-refractivity contribution < 1.29 is 18.0 Å². The molecule has 9 heteroatoms. The highest BCUT2D eigenvalue weighted by molar-refractivity contribution is 6.03. The van der Waals surface area contributed by atoms with Crippen LogP contribution in [0.4, 0.5) is 24.7 Å². The van der Waals surface area contributed by atoms with Crippen molar-refractivity contribution in [3.05, 3.63) is 53.2 Å². The molecule has 0 bridgehead atoms. The summed E-state index contributed by atoms with van der Waals surface area (Å²) in [6, 6.07) is 7.28. The fourth-order valence-corrected chi connectivity index (χ4v) is 5.25. The van der Waals surface area contributed by atoms with Gasteiger partial charge in [-0.3, -0.25) is 4.79 Å². The van der Waals surface area contributed by atoms with E-state index in [0.29, 0.717) is 35.1 Å². The summed E-state index contributed by atoms with van der Waals surface area (Å²) >= 11 is 0. The third-order valence-electron chi connectivity index (χ3n) is 6.81. The molecule has 3 fully saturated rings. The zero-order valence-electron chi connectivity index (χ0n) is 15.9. The van der Waals surface area contributed by atoms with Crippen molar-refractivity contribution in [2.24, 2.45) is 11.3 Å². The first kappa shape index (κ1) is 18.9. The zero-order valence-corrected chi connectivity index (χ0v) is 15.9. The molecule has 2 heterocycles. The van der Waals surface area contributed by atoms with E-state index in [1.54, 1.807) is 18.2 Å². The number of nitrogen functional groups attached to an aromatic ring is 1. The summed E-state index contributed by atoms with van der Waals surface area (Å²) in [7, 11) is 0. The molecule has 1 aliphatic heterocycles. The van der Waals surface area contributed by atoms with Crippen molar-refractivity contribution in [1.29, 1.82) is 5.41 Å². The Kier molecular flexibility index (Phi) is 3.90. The van der Waals surface area contributed by atoms with Crippen LogP contribution in [0.3, 0.4) is 0 Å². The molecule has 6 nitrogen and oxygen atoms in total. The van der Waals surface area contributed by atoms with Crippen LogP contribution in [0.1, 0.15) is 34.3 Å². The second-order valence-corrected chi connectivity index (χ2v) is 8.37. The Morgan fingerprint density at radius 2 is 2.10 bits per heavy atom. The average Bonchev–Trinajstić information content (AvgIpc) is 3.35. The highest BCUT2D eigenvalue weighted by atomic mass is 19.4. The molecule has 1 aromatic carbocycles. The first-order valence-corrected chi connectivity index (χ1v) is 9.74. The largest absolute Gasteiger partial charge is 0.417 e. The third-order valence-corrected chi connectivity index (χ3v) is 6.81. The summed E-state index contributed by atoms with van der Waals surface area (Å²) in [6.45, 7) is 0.649. The predicted octanol–water partition coefficient (Wildman–Crippen LogP) is 3.40. The summed E-state index contributed by atoms with van der Waals surface area (Å²) in [6.07, 6.45) is -0.551. The van der Waals surface area contributed by atoms with Crippen molar-refractivity contribution >= 4 is 23.6 Å². The molecule has 4 atom stereocenters. The van der Waals surface area contributed by atoms with Gasteiger partial charge in [0.1, 0.15) is 5.82 Å². The van der Waals surface area contributed by atoms with Gasteiger partial charge in [0.15, 0.2) is 0 Å². The quantitative estimate of drug-likeness (QED) is 0.527. The number of nitrogens with one attached hydrogen (secondary N) is 2. The lowest BCUT2D eigenvalue weighted by Gasteiger charge is -2.48. The van der Waals surface area contributed by atoms with Crippen molar-refractivity contribution in [3.63, 3.8) is 0 Å². The number of pyridine rings is 1. The molecule has 156 valence electrons. The van der Waals surface area contributed by atoms with Gasteiger partial charge in [0, 0.05) is 30.6 Å². The number of rotatable bonds is 4. The number of piperidine rings is 1. The standard InChI is InChI=1S/C21H20F3N5O/c22-21(23,24)12-4-5-16(27-9-12)28-15-7-20-6-13(20)10-29(18(15)20)19(30)14-3-1-2-11(8-25)17(14)26/h1-5,8-9,13,15,18,25H,6-7,10,26H2,(H,27,28). The summed E-state index contributed by atoms with van der Waals surface area (Å²) in [5.74, 6) is 0.654. The van der Waals surface area contributed by atoms with Crippen LogP contribution in [-0.4, -0.2) is 40.6 Å². The highest BCUT2D eigenvalue weighted by Crippen LogP contribution is 2.71. The van der Waals surface area contributed by atoms with Crippen LogP contribution in [0.5, 0.6) is 0 Å². The number of halogens is 3.